The fourth-order valence-electron chi connectivity index (χ4n) is 2.34. The van der Waals surface area contributed by atoms with Crippen molar-refractivity contribution in [2.45, 2.75) is 12.6 Å². The van der Waals surface area contributed by atoms with Crippen LogP contribution in [0.1, 0.15) is 31.1 Å². The lowest BCUT2D eigenvalue weighted by Gasteiger charge is -2.09. The van der Waals surface area contributed by atoms with Crippen molar-refractivity contribution in [3.05, 3.63) is 73.1 Å². The van der Waals surface area contributed by atoms with E-state index in [2.05, 4.69) is 5.32 Å². The standard InChI is InChI=1S/C18H16ClNO3S2/c1-23-14-6-4-11(19)9-13(14)18(22)20-10-12-5-7-16(25-12)17(21)15-3-2-8-24-15/h2-9,17,21H,10H2,1H3,(H,20,22). The number of amides is 1. The lowest BCUT2D eigenvalue weighted by molar-refractivity contribution is 0.0948. The molecule has 0 bridgehead atoms. The molecular weight excluding hydrogens is 378 g/mol. The van der Waals surface area contributed by atoms with Crippen LogP contribution in [-0.2, 0) is 6.54 Å². The van der Waals surface area contributed by atoms with E-state index in [-0.39, 0.29) is 5.91 Å². The Labute approximate surface area is 158 Å². The van der Waals surface area contributed by atoms with Crippen molar-refractivity contribution in [2.75, 3.05) is 7.11 Å². The number of hydrogen-bond acceptors (Lipinski definition) is 5. The summed E-state index contributed by atoms with van der Waals surface area (Å²) in [6.07, 6.45) is -0.623. The van der Waals surface area contributed by atoms with E-state index >= 15 is 0 Å². The van der Waals surface area contributed by atoms with E-state index in [4.69, 9.17) is 16.3 Å². The Morgan fingerprint density at radius 1 is 1.28 bits per heavy atom. The number of rotatable bonds is 6. The quantitative estimate of drug-likeness (QED) is 0.649. The summed E-state index contributed by atoms with van der Waals surface area (Å²) in [5, 5.41) is 15.6. The first kappa shape index (κ1) is 17.9. The molecule has 0 aliphatic carbocycles. The van der Waals surface area contributed by atoms with Crippen LogP contribution in [0.5, 0.6) is 5.75 Å². The molecule has 1 unspecified atom stereocenters. The molecule has 1 amide bonds. The number of methoxy groups -OCH3 is 1. The molecule has 4 nitrogen and oxygen atoms in total. The maximum Gasteiger partial charge on any atom is 0.255 e. The van der Waals surface area contributed by atoms with Gasteiger partial charge in [0.05, 0.1) is 19.2 Å². The van der Waals surface area contributed by atoms with Gasteiger partial charge in [0.15, 0.2) is 0 Å². The molecule has 1 aromatic carbocycles. The van der Waals surface area contributed by atoms with Crippen LogP contribution in [-0.4, -0.2) is 18.1 Å². The summed E-state index contributed by atoms with van der Waals surface area (Å²) in [4.78, 5) is 15.1. The minimum Gasteiger partial charge on any atom is -0.496 e. The van der Waals surface area contributed by atoms with Gasteiger partial charge in [0.25, 0.3) is 5.91 Å². The molecule has 0 radical (unpaired) electrons. The molecule has 0 aliphatic heterocycles. The lowest BCUT2D eigenvalue weighted by atomic mass is 10.2. The molecule has 130 valence electrons. The van der Waals surface area contributed by atoms with Crippen molar-refractivity contribution in [3.63, 3.8) is 0 Å². The van der Waals surface area contributed by atoms with Crippen molar-refractivity contribution < 1.29 is 14.6 Å². The van der Waals surface area contributed by atoms with Crippen molar-refractivity contribution in [1.29, 1.82) is 0 Å². The van der Waals surface area contributed by atoms with Gasteiger partial charge in [-0.3, -0.25) is 4.79 Å². The van der Waals surface area contributed by atoms with Gasteiger partial charge in [-0.1, -0.05) is 17.7 Å². The molecule has 2 N–H and O–H groups in total. The topological polar surface area (TPSA) is 58.6 Å². The second kappa shape index (κ2) is 8.01. The summed E-state index contributed by atoms with van der Waals surface area (Å²) in [7, 11) is 1.51. The maximum atomic E-state index is 12.4. The zero-order chi connectivity index (χ0) is 17.8. The average molecular weight is 394 g/mol. The average Bonchev–Trinajstić information content (AvgIpc) is 3.31. The first-order chi connectivity index (χ1) is 12.1. The third-order valence-corrected chi connectivity index (χ3v) is 5.89. The molecule has 25 heavy (non-hydrogen) atoms. The van der Waals surface area contributed by atoms with Gasteiger partial charge in [0.1, 0.15) is 11.9 Å². The van der Waals surface area contributed by atoms with E-state index in [1.165, 1.54) is 29.8 Å². The van der Waals surface area contributed by atoms with Crippen LogP contribution in [0, 0.1) is 0 Å². The summed E-state index contributed by atoms with van der Waals surface area (Å²) >= 11 is 8.95. The molecule has 0 aliphatic rings. The first-order valence-corrected chi connectivity index (χ1v) is 9.57. The number of aliphatic hydroxyl groups is 1. The van der Waals surface area contributed by atoms with Crippen LogP contribution < -0.4 is 10.1 Å². The molecule has 1 atom stereocenters. The van der Waals surface area contributed by atoms with Gasteiger partial charge < -0.3 is 15.2 Å². The Bertz CT molecular complexity index is 861. The second-order valence-electron chi connectivity index (χ2n) is 5.25. The van der Waals surface area contributed by atoms with E-state index in [0.29, 0.717) is 22.9 Å². The fourth-order valence-corrected chi connectivity index (χ4v) is 4.28. The van der Waals surface area contributed by atoms with Gasteiger partial charge in [-0.05, 0) is 41.8 Å². The highest BCUT2D eigenvalue weighted by molar-refractivity contribution is 7.12. The Morgan fingerprint density at radius 2 is 2.12 bits per heavy atom. The number of hydrogen-bond donors (Lipinski definition) is 2. The number of halogens is 1. The summed E-state index contributed by atoms with van der Waals surface area (Å²) in [5.74, 6) is 0.218. The van der Waals surface area contributed by atoms with E-state index in [9.17, 15) is 9.90 Å². The van der Waals surface area contributed by atoms with Crippen LogP contribution in [0.4, 0.5) is 0 Å². The monoisotopic (exact) mass is 393 g/mol. The first-order valence-electron chi connectivity index (χ1n) is 7.50. The SMILES string of the molecule is COc1ccc(Cl)cc1C(=O)NCc1ccc(C(O)c2cccs2)s1. The minimum atomic E-state index is -0.623. The van der Waals surface area contributed by atoms with Crippen molar-refractivity contribution in [1.82, 2.24) is 5.32 Å². The van der Waals surface area contributed by atoms with Crippen molar-refractivity contribution >= 4 is 40.2 Å². The number of ether oxygens (including phenoxy) is 1. The molecule has 2 aromatic heterocycles. The molecular formula is C18H16ClNO3S2. The number of thiophene rings is 2. The molecule has 0 saturated carbocycles. The molecule has 7 heteroatoms. The molecule has 3 rings (SSSR count). The van der Waals surface area contributed by atoms with Gasteiger partial charge >= 0.3 is 0 Å². The number of nitrogens with one attached hydrogen (secondary N) is 1. The number of benzene rings is 1. The van der Waals surface area contributed by atoms with Gasteiger partial charge in [0, 0.05) is 19.7 Å². The maximum absolute atomic E-state index is 12.4. The summed E-state index contributed by atoms with van der Waals surface area (Å²) < 4.78 is 5.20. The highest BCUT2D eigenvalue weighted by Crippen LogP contribution is 2.31. The number of carbonyl (C=O) groups excluding carboxylic acids is 1. The van der Waals surface area contributed by atoms with Gasteiger partial charge in [-0.25, -0.2) is 0 Å². The van der Waals surface area contributed by atoms with E-state index in [0.717, 1.165) is 14.6 Å². The Kier molecular flexibility index (Phi) is 5.75. The van der Waals surface area contributed by atoms with Crippen LogP contribution in [0.15, 0.2) is 47.8 Å². The highest BCUT2D eigenvalue weighted by atomic mass is 35.5. The molecule has 2 heterocycles. The number of aliphatic hydroxyl groups excluding tert-OH is 1. The Hall–Kier alpha value is -1.86. The molecule has 0 spiro atoms. The van der Waals surface area contributed by atoms with E-state index in [1.807, 2.05) is 29.6 Å². The van der Waals surface area contributed by atoms with Crippen LogP contribution in [0.3, 0.4) is 0 Å². The van der Waals surface area contributed by atoms with Gasteiger partial charge in [-0.2, -0.15) is 0 Å². The number of carbonyl (C=O) groups is 1. The third kappa shape index (κ3) is 4.22. The van der Waals surface area contributed by atoms with Gasteiger partial charge in [-0.15, -0.1) is 22.7 Å². The molecule has 0 fully saturated rings. The van der Waals surface area contributed by atoms with Crippen LogP contribution in [0.25, 0.3) is 0 Å². The molecule has 3 aromatic rings. The fraction of sp³-hybridized carbons (Fsp3) is 0.167. The minimum absolute atomic E-state index is 0.256. The summed E-state index contributed by atoms with van der Waals surface area (Å²) in [6.45, 7) is 0.371. The van der Waals surface area contributed by atoms with Crippen molar-refractivity contribution in [2.24, 2.45) is 0 Å². The zero-order valence-corrected chi connectivity index (χ0v) is 15.8. The Morgan fingerprint density at radius 3 is 2.84 bits per heavy atom. The molecule has 0 saturated heterocycles. The van der Waals surface area contributed by atoms with Gasteiger partial charge in [0.2, 0.25) is 0 Å². The van der Waals surface area contributed by atoms with E-state index < -0.39 is 6.10 Å². The van der Waals surface area contributed by atoms with Crippen LogP contribution in [0.2, 0.25) is 5.02 Å². The lowest BCUT2D eigenvalue weighted by Crippen LogP contribution is -2.22. The predicted molar refractivity (Wildman–Crippen MR) is 102 cm³/mol. The normalized spacial score (nSPS) is 12.0. The third-order valence-electron chi connectivity index (χ3n) is 3.59. The summed E-state index contributed by atoms with van der Waals surface area (Å²) in [5.41, 5.74) is 0.394. The zero-order valence-electron chi connectivity index (χ0n) is 13.4. The highest BCUT2D eigenvalue weighted by Gasteiger charge is 2.16. The van der Waals surface area contributed by atoms with Crippen LogP contribution >= 0.6 is 34.3 Å². The smallest absolute Gasteiger partial charge is 0.255 e. The second-order valence-corrected chi connectivity index (χ2v) is 7.86. The predicted octanol–water partition coefficient (Wildman–Crippen LogP) is 4.48. The summed E-state index contributed by atoms with van der Waals surface area (Å²) in [6, 6.07) is 12.5. The van der Waals surface area contributed by atoms with E-state index in [1.54, 1.807) is 18.2 Å². The van der Waals surface area contributed by atoms with Crippen molar-refractivity contribution in [3.8, 4) is 5.75 Å². The Balaban J connectivity index is 1.66. The largest absolute Gasteiger partial charge is 0.496 e.